The van der Waals surface area contributed by atoms with Crippen LogP contribution >= 0.6 is 34.8 Å². The van der Waals surface area contributed by atoms with Crippen LogP contribution in [0.25, 0.3) is 5.69 Å². The maximum absolute atomic E-state index is 12.1. The molecule has 0 saturated heterocycles. The molecule has 24 heavy (non-hydrogen) atoms. The average molecular weight is 390 g/mol. The highest BCUT2D eigenvalue weighted by atomic mass is 35.5. The number of aromatic nitrogens is 2. The SMILES string of the molecule is CCCNC(=O)CNc1ccc(-n2ncc(Cl)c(Cl)c2=O)cc1Cl. The number of amides is 1. The maximum atomic E-state index is 12.1. The van der Waals surface area contributed by atoms with Gasteiger partial charge in [0.2, 0.25) is 5.91 Å². The number of carbonyl (C=O) groups excluding carboxylic acids is 1. The van der Waals surface area contributed by atoms with E-state index in [-0.39, 0.29) is 22.5 Å². The maximum Gasteiger partial charge on any atom is 0.291 e. The molecular formula is C15H15Cl3N4O2. The number of hydrogen-bond donors (Lipinski definition) is 2. The van der Waals surface area contributed by atoms with Gasteiger partial charge >= 0.3 is 0 Å². The number of hydrogen-bond acceptors (Lipinski definition) is 4. The van der Waals surface area contributed by atoms with Gasteiger partial charge in [0.1, 0.15) is 5.02 Å². The summed E-state index contributed by atoms with van der Waals surface area (Å²) in [4.78, 5) is 23.7. The molecule has 128 valence electrons. The zero-order valence-corrected chi connectivity index (χ0v) is 15.0. The van der Waals surface area contributed by atoms with Gasteiger partial charge in [-0.1, -0.05) is 41.7 Å². The van der Waals surface area contributed by atoms with Crippen molar-refractivity contribution in [2.45, 2.75) is 13.3 Å². The molecule has 1 aromatic heterocycles. The first kappa shape index (κ1) is 18.6. The van der Waals surface area contributed by atoms with Gasteiger partial charge in [-0.2, -0.15) is 9.78 Å². The van der Waals surface area contributed by atoms with E-state index in [0.29, 0.717) is 22.9 Å². The van der Waals surface area contributed by atoms with Gasteiger partial charge in [0.05, 0.1) is 34.2 Å². The number of benzene rings is 1. The van der Waals surface area contributed by atoms with Crippen LogP contribution in [0.2, 0.25) is 15.1 Å². The van der Waals surface area contributed by atoms with E-state index >= 15 is 0 Å². The summed E-state index contributed by atoms with van der Waals surface area (Å²) in [5, 5.41) is 9.93. The molecule has 0 aliphatic carbocycles. The molecule has 2 aromatic rings. The normalized spacial score (nSPS) is 10.5. The topological polar surface area (TPSA) is 76.0 Å². The third-order valence-electron chi connectivity index (χ3n) is 3.09. The Hall–Kier alpha value is -1.76. The third-order valence-corrected chi connectivity index (χ3v) is 4.15. The van der Waals surface area contributed by atoms with Crippen LogP contribution in [0.5, 0.6) is 0 Å². The minimum Gasteiger partial charge on any atom is -0.375 e. The van der Waals surface area contributed by atoms with Crippen LogP contribution in [0.15, 0.2) is 29.2 Å². The average Bonchev–Trinajstić information content (AvgIpc) is 2.57. The van der Waals surface area contributed by atoms with Crippen molar-refractivity contribution in [1.29, 1.82) is 0 Å². The summed E-state index contributed by atoms with van der Waals surface area (Å²) < 4.78 is 1.10. The number of carbonyl (C=O) groups is 1. The van der Waals surface area contributed by atoms with E-state index in [0.717, 1.165) is 11.1 Å². The molecule has 0 fully saturated rings. The molecule has 0 bridgehead atoms. The summed E-state index contributed by atoms with van der Waals surface area (Å²) in [6, 6.07) is 4.84. The first-order chi connectivity index (χ1) is 11.4. The molecule has 1 amide bonds. The van der Waals surface area contributed by atoms with Crippen molar-refractivity contribution in [3.63, 3.8) is 0 Å². The summed E-state index contributed by atoms with van der Waals surface area (Å²) in [5.41, 5.74) is 0.463. The van der Waals surface area contributed by atoms with Crippen LogP contribution in [0.1, 0.15) is 13.3 Å². The summed E-state index contributed by atoms with van der Waals surface area (Å²) in [6.07, 6.45) is 2.15. The zero-order valence-electron chi connectivity index (χ0n) is 12.8. The van der Waals surface area contributed by atoms with Gasteiger partial charge in [0.25, 0.3) is 5.56 Å². The van der Waals surface area contributed by atoms with E-state index in [1.54, 1.807) is 18.2 Å². The number of anilines is 1. The predicted octanol–water partition coefficient (Wildman–Crippen LogP) is 3.13. The lowest BCUT2D eigenvalue weighted by atomic mass is 10.2. The Morgan fingerprint density at radius 2 is 2.00 bits per heavy atom. The van der Waals surface area contributed by atoms with Gasteiger partial charge in [-0.15, -0.1) is 0 Å². The highest BCUT2D eigenvalue weighted by Gasteiger charge is 2.11. The molecule has 1 heterocycles. The number of halogens is 3. The number of rotatable bonds is 6. The number of nitrogens with zero attached hydrogens (tertiary/aromatic N) is 2. The minimum absolute atomic E-state index is 0.0837. The predicted molar refractivity (Wildman–Crippen MR) is 96.7 cm³/mol. The Bertz CT molecular complexity index is 808. The molecule has 1 aromatic carbocycles. The van der Waals surface area contributed by atoms with Crippen molar-refractivity contribution < 1.29 is 4.79 Å². The van der Waals surface area contributed by atoms with E-state index in [1.165, 1.54) is 6.20 Å². The molecule has 0 saturated carbocycles. The monoisotopic (exact) mass is 388 g/mol. The molecule has 0 unspecified atom stereocenters. The van der Waals surface area contributed by atoms with Crippen LogP contribution in [0.4, 0.5) is 5.69 Å². The largest absolute Gasteiger partial charge is 0.375 e. The molecule has 9 heteroatoms. The third kappa shape index (κ3) is 4.41. The molecule has 0 atom stereocenters. The summed E-state index contributed by atoms with van der Waals surface area (Å²) >= 11 is 17.8. The fourth-order valence-corrected chi connectivity index (χ4v) is 2.37. The van der Waals surface area contributed by atoms with Crippen molar-refractivity contribution in [2.75, 3.05) is 18.4 Å². The Labute approximate surface area is 153 Å². The molecule has 2 rings (SSSR count). The van der Waals surface area contributed by atoms with Crippen LogP contribution < -0.4 is 16.2 Å². The van der Waals surface area contributed by atoms with Gasteiger partial charge in [0.15, 0.2) is 0 Å². The fourth-order valence-electron chi connectivity index (χ4n) is 1.88. The minimum atomic E-state index is -0.542. The molecule has 0 spiro atoms. The number of nitrogens with one attached hydrogen (secondary N) is 2. The zero-order chi connectivity index (χ0) is 17.7. The second-order valence-corrected chi connectivity index (χ2v) is 6.08. The summed E-state index contributed by atoms with van der Waals surface area (Å²) in [6.45, 7) is 2.70. The van der Waals surface area contributed by atoms with Crippen LogP contribution in [-0.4, -0.2) is 28.8 Å². The van der Waals surface area contributed by atoms with Crippen molar-refractivity contribution in [3.05, 3.63) is 49.8 Å². The van der Waals surface area contributed by atoms with Gasteiger partial charge < -0.3 is 10.6 Å². The lowest BCUT2D eigenvalue weighted by molar-refractivity contribution is -0.119. The quantitative estimate of drug-likeness (QED) is 0.796. The highest BCUT2D eigenvalue weighted by molar-refractivity contribution is 6.41. The second-order valence-electron chi connectivity index (χ2n) is 4.89. The molecule has 6 nitrogen and oxygen atoms in total. The Kier molecular flexibility index (Phi) is 6.48. The smallest absolute Gasteiger partial charge is 0.291 e. The van der Waals surface area contributed by atoms with Crippen LogP contribution in [0, 0.1) is 0 Å². The molecular weight excluding hydrogens is 375 g/mol. The van der Waals surface area contributed by atoms with E-state index < -0.39 is 5.56 Å². The highest BCUT2D eigenvalue weighted by Crippen LogP contribution is 2.24. The molecule has 0 radical (unpaired) electrons. The first-order valence-electron chi connectivity index (χ1n) is 7.18. The molecule has 0 aliphatic heterocycles. The van der Waals surface area contributed by atoms with Crippen molar-refractivity contribution in [3.8, 4) is 5.69 Å². The van der Waals surface area contributed by atoms with Gasteiger partial charge in [0, 0.05) is 6.54 Å². The van der Waals surface area contributed by atoms with Crippen molar-refractivity contribution in [2.24, 2.45) is 0 Å². The van der Waals surface area contributed by atoms with Crippen LogP contribution in [0.3, 0.4) is 0 Å². The van der Waals surface area contributed by atoms with Crippen molar-refractivity contribution in [1.82, 2.24) is 15.1 Å². The molecule has 2 N–H and O–H groups in total. The van der Waals surface area contributed by atoms with Gasteiger partial charge in [-0.3, -0.25) is 9.59 Å². The second kappa shape index (κ2) is 8.37. The fraction of sp³-hybridized carbons (Fsp3) is 0.267. The van der Waals surface area contributed by atoms with Gasteiger partial charge in [-0.05, 0) is 24.6 Å². The summed E-state index contributed by atoms with van der Waals surface area (Å²) in [7, 11) is 0. The first-order valence-corrected chi connectivity index (χ1v) is 8.31. The molecule has 0 aliphatic rings. The van der Waals surface area contributed by atoms with Crippen molar-refractivity contribution >= 4 is 46.4 Å². The summed E-state index contributed by atoms with van der Waals surface area (Å²) in [5.74, 6) is -0.126. The lowest BCUT2D eigenvalue weighted by Crippen LogP contribution is -2.30. The Morgan fingerprint density at radius 3 is 2.67 bits per heavy atom. The van der Waals surface area contributed by atoms with Crippen LogP contribution in [-0.2, 0) is 4.79 Å². The van der Waals surface area contributed by atoms with E-state index in [2.05, 4.69) is 15.7 Å². The van der Waals surface area contributed by atoms with E-state index in [1.807, 2.05) is 6.92 Å². The van der Waals surface area contributed by atoms with Gasteiger partial charge in [-0.25, -0.2) is 0 Å². The lowest BCUT2D eigenvalue weighted by Gasteiger charge is -2.11. The van der Waals surface area contributed by atoms with E-state index in [4.69, 9.17) is 34.8 Å². The standard InChI is InChI=1S/C15H15Cl3N4O2/c1-2-5-19-13(23)8-20-12-4-3-9(6-10(12)16)22-15(24)14(18)11(17)7-21-22/h3-4,6-7,20H,2,5,8H2,1H3,(H,19,23). The Balaban J connectivity index is 2.17. The van der Waals surface area contributed by atoms with E-state index in [9.17, 15) is 9.59 Å². The Morgan fingerprint density at radius 1 is 1.25 bits per heavy atom.